The van der Waals surface area contributed by atoms with Gasteiger partial charge in [-0.15, -0.1) is 0 Å². The molecular formula is C18H17ClN2O2. The molecule has 23 heavy (non-hydrogen) atoms. The van der Waals surface area contributed by atoms with Gasteiger partial charge in [-0.1, -0.05) is 11.6 Å². The molecule has 0 aromatic heterocycles. The first-order valence-corrected chi connectivity index (χ1v) is 7.89. The quantitative estimate of drug-likeness (QED) is 0.897. The van der Waals surface area contributed by atoms with Crippen LogP contribution in [0.2, 0.25) is 5.02 Å². The van der Waals surface area contributed by atoms with Crippen LogP contribution in [0.3, 0.4) is 0 Å². The lowest BCUT2D eigenvalue weighted by atomic mass is 10.1. The zero-order valence-electron chi connectivity index (χ0n) is 12.7. The van der Waals surface area contributed by atoms with Crippen molar-refractivity contribution < 1.29 is 9.59 Å². The number of carbonyl (C=O) groups is 2. The van der Waals surface area contributed by atoms with Crippen molar-refractivity contribution in [3.8, 4) is 0 Å². The van der Waals surface area contributed by atoms with Crippen LogP contribution in [0, 0.1) is 6.92 Å². The second kappa shape index (κ2) is 6.42. The molecule has 5 heteroatoms. The molecule has 0 saturated heterocycles. The van der Waals surface area contributed by atoms with Crippen molar-refractivity contribution in [3.05, 3.63) is 64.2 Å². The van der Waals surface area contributed by atoms with E-state index in [1.54, 1.807) is 42.5 Å². The molecule has 2 amide bonds. The van der Waals surface area contributed by atoms with Gasteiger partial charge in [0.05, 0.1) is 0 Å². The SMILES string of the molecule is Cc1cc(Cl)ccc1NC(=O)c1ccc(C(=O)NC2CC2)cc1. The molecule has 1 aliphatic carbocycles. The molecule has 2 aromatic rings. The number of benzene rings is 2. The van der Waals surface area contributed by atoms with E-state index in [0.717, 1.165) is 24.1 Å². The predicted molar refractivity (Wildman–Crippen MR) is 91.1 cm³/mol. The van der Waals surface area contributed by atoms with E-state index < -0.39 is 0 Å². The third-order valence-corrected chi connectivity index (χ3v) is 3.99. The average molecular weight is 329 g/mol. The molecule has 3 rings (SSSR count). The Morgan fingerprint density at radius 2 is 1.61 bits per heavy atom. The van der Waals surface area contributed by atoms with E-state index in [1.165, 1.54) is 0 Å². The second-order valence-electron chi connectivity index (χ2n) is 5.74. The Kier molecular flexibility index (Phi) is 4.35. The van der Waals surface area contributed by atoms with Gasteiger partial charge in [0.15, 0.2) is 0 Å². The van der Waals surface area contributed by atoms with E-state index in [2.05, 4.69) is 10.6 Å². The molecule has 0 aliphatic heterocycles. The van der Waals surface area contributed by atoms with Crippen LogP contribution in [0.15, 0.2) is 42.5 Å². The smallest absolute Gasteiger partial charge is 0.255 e. The van der Waals surface area contributed by atoms with E-state index >= 15 is 0 Å². The van der Waals surface area contributed by atoms with E-state index in [9.17, 15) is 9.59 Å². The molecule has 1 aliphatic rings. The number of aryl methyl sites for hydroxylation is 1. The van der Waals surface area contributed by atoms with E-state index in [0.29, 0.717) is 22.2 Å². The van der Waals surface area contributed by atoms with Crippen LogP contribution < -0.4 is 10.6 Å². The van der Waals surface area contributed by atoms with E-state index in [1.807, 2.05) is 6.92 Å². The molecule has 0 spiro atoms. The summed E-state index contributed by atoms with van der Waals surface area (Å²) in [7, 11) is 0. The fourth-order valence-corrected chi connectivity index (χ4v) is 2.46. The molecule has 0 bridgehead atoms. The van der Waals surface area contributed by atoms with Crippen molar-refractivity contribution in [2.45, 2.75) is 25.8 Å². The number of rotatable bonds is 4. The number of halogens is 1. The summed E-state index contributed by atoms with van der Waals surface area (Å²) in [5, 5.41) is 6.40. The van der Waals surface area contributed by atoms with Gasteiger partial charge in [-0.25, -0.2) is 0 Å². The van der Waals surface area contributed by atoms with Crippen LogP contribution in [0.1, 0.15) is 39.1 Å². The van der Waals surface area contributed by atoms with Crippen molar-refractivity contribution in [2.75, 3.05) is 5.32 Å². The third kappa shape index (κ3) is 3.90. The molecule has 1 fully saturated rings. The number of hydrogen-bond acceptors (Lipinski definition) is 2. The highest BCUT2D eigenvalue weighted by Gasteiger charge is 2.23. The summed E-state index contributed by atoms with van der Waals surface area (Å²) in [6.45, 7) is 1.88. The number of nitrogens with one attached hydrogen (secondary N) is 2. The minimum absolute atomic E-state index is 0.0898. The standard InChI is InChI=1S/C18H17ClN2O2/c1-11-10-14(19)6-9-16(11)21-18(23)13-4-2-12(3-5-13)17(22)20-15-7-8-15/h2-6,9-10,15H,7-8H2,1H3,(H,20,22)(H,21,23). The average Bonchev–Trinajstić information content (AvgIpc) is 3.34. The molecular weight excluding hydrogens is 312 g/mol. The number of anilines is 1. The van der Waals surface area contributed by atoms with Crippen LogP contribution in [-0.2, 0) is 0 Å². The second-order valence-corrected chi connectivity index (χ2v) is 6.17. The molecule has 1 saturated carbocycles. The van der Waals surface area contributed by atoms with Gasteiger partial charge in [-0.2, -0.15) is 0 Å². The highest BCUT2D eigenvalue weighted by Crippen LogP contribution is 2.21. The van der Waals surface area contributed by atoms with Crippen molar-refractivity contribution in [1.29, 1.82) is 0 Å². The first kappa shape index (κ1) is 15.6. The van der Waals surface area contributed by atoms with Crippen molar-refractivity contribution in [2.24, 2.45) is 0 Å². The van der Waals surface area contributed by atoms with Crippen LogP contribution in [0.4, 0.5) is 5.69 Å². The molecule has 2 aromatic carbocycles. The first-order chi connectivity index (χ1) is 11.0. The van der Waals surface area contributed by atoms with Gasteiger partial charge in [0.2, 0.25) is 0 Å². The third-order valence-electron chi connectivity index (χ3n) is 3.76. The Labute approximate surface area is 139 Å². The fraction of sp³-hybridized carbons (Fsp3) is 0.222. The highest BCUT2D eigenvalue weighted by atomic mass is 35.5. The molecule has 4 nitrogen and oxygen atoms in total. The van der Waals surface area contributed by atoms with Gasteiger partial charge < -0.3 is 10.6 Å². The Bertz CT molecular complexity index is 752. The Morgan fingerprint density at radius 1 is 1.00 bits per heavy atom. The Hall–Kier alpha value is -2.33. The summed E-state index contributed by atoms with van der Waals surface area (Å²) < 4.78 is 0. The summed E-state index contributed by atoms with van der Waals surface area (Å²) in [4.78, 5) is 24.2. The lowest BCUT2D eigenvalue weighted by Crippen LogP contribution is -2.25. The predicted octanol–water partition coefficient (Wildman–Crippen LogP) is 3.79. The summed E-state index contributed by atoms with van der Waals surface area (Å²) in [6, 6.07) is 12.3. The Morgan fingerprint density at radius 3 is 2.17 bits per heavy atom. The molecule has 2 N–H and O–H groups in total. The van der Waals surface area contributed by atoms with Crippen LogP contribution in [0.5, 0.6) is 0 Å². The zero-order chi connectivity index (χ0) is 16.4. The molecule has 0 radical (unpaired) electrons. The number of amides is 2. The van der Waals surface area contributed by atoms with Gasteiger partial charge >= 0.3 is 0 Å². The lowest BCUT2D eigenvalue weighted by Gasteiger charge is -2.09. The summed E-state index contributed by atoms with van der Waals surface area (Å²) in [5.74, 6) is -0.308. The maximum atomic E-state index is 12.3. The van der Waals surface area contributed by atoms with Crippen LogP contribution in [0.25, 0.3) is 0 Å². The van der Waals surface area contributed by atoms with Crippen LogP contribution in [-0.4, -0.2) is 17.9 Å². The summed E-state index contributed by atoms with van der Waals surface area (Å²) in [5.41, 5.74) is 2.68. The lowest BCUT2D eigenvalue weighted by molar-refractivity contribution is 0.0949. The normalized spacial score (nSPS) is 13.5. The largest absolute Gasteiger partial charge is 0.349 e. The molecule has 118 valence electrons. The minimum atomic E-state index is -0.218. The van der Waals surface area contributed by atoms with Gasteiger partial charge in [0, 0.05) is 27.9 Å². The molecule has 0 atom stereocenters. The van der Waals surface area contributed by atoms with E-state index in [4.69, 9.17) is 11.6 Å². The maximum absolute atomic E-state index is 12.3. The summed E-state index contributed by atoms with van der Waals surface area (Å²) in [6.07, 6.45) is 2.10. The first-order valence-electron chi connectivity index (χ1n) is 7.51. The number of hydrogen-bond donors (Lipinski definition) is 2. The summed E-state index contributed by atoms with van der Waals surface area (Å²) >= 11 is 5.91. The van der Waals surface area contributed by atoms with Crippen molar-refractivity contribution in [3.63, 3.8) is 0 Å². The molecule has 0 heterocycles. The Balaban J connectivity index is 1.68. The van der Waals surface area contributed by atoms with Crippen molar-refractivity contribution >= 4 is 29.1 Å². The minimum Gasteiger partial charge on any atom is -0.349 e. The van der Waals surface area contributed by atoms with Gasteiger partial charge in [-0.05, 0) is 67.8 Å². The van der Waals surface area contributed by atoms with Gasteiger partial charge in [0.25, 0.3) is 11.8 Å². The monoisotopic (exact) mass is 328 g/mol. The topological polar surface area (TPSA) is 58.2 Å². The fourth-order valence-electron chi connectivity index (χ4n) is 2.23. The van der Waals surface area contributed by atoms with E-state index in [-0.39, 0.29) is 11.8 Å². The van der Waals surface area contributed by atoms with Crippen LogP contribution >= 0.6 is 11.6 Å². The zero-order valence-corrected chi connectivity index (χ0v) is 13.5. The van der Waals surface area contributed by atoms with Gasteiger partial charge in [-0.3, -0.25) is 9.59 Å². The maximum Gasteiger partial charge on any atom is 0.255 e. The highest BCUT2D eigenvalue weighted by molar-refractivity contribution is 6.30. The van der Waals surface area contributed by atoms with Crippen molar-refractivity contribution in [1.82, 2.24) is 5.32 Å². The van der Waals surface area contributed by atoms with Gasteiger partial charge in [0.1, 0.15) is 0 Å². The number of carbonyl (C=O) groups excluding carboxylic acids is 2. The molecule has 0 unspecified atom stereocenters.